The van der Waals surface area contributed by atoms with Crippen molar-refractivity contribution in [2.75, 3.05) is 5.73 Å². The van der Waals surface area contributed by atoms with E-state index < -0.39 is 14.7 Å². The van der Waals surface area contributed by atoms with Crippen LogP contribution < -0.4 is 10.1 Å². The summed E-state index contributed by atoms with van der Waals surface area (Å²) in [4.78, 5) is 2.38. The van der Waals surface area contributed by atoms with E-state index in [-0.39, 0.29) is 0 Å². The van der Waals surface area contributed by atoms with Crippen molar-refractivity contribution < 1.29 is 0 Å². The van der Waals surface area contributed by atoms with Crippen LogP contribution in [0.3, 0.4) is 0 Å². The molecule has 0 heterocycles. The fourth-order valence-corrected chi connectivity index (χ4v) is 5.51. The molecule has 0 bridgehead atoms. The van der Waals surface area contributed by atoms with Crippen LogP contribution in [0.15, 0.2) is 59.5 Å². The molecule has 0 saturated heterocycles. The average molecular weight is 299 g/mol. The van der Waals surface area contributed by atoms with Gasteiger partial charge in [-0.1, -0.05) is 0 Å². The number of hydrogen-bond donors (Lipinski definition) is 1. The van der Waals surface area contributed by atoms with E-state index in [4.69, 9.17) is 5.73 Å². The van der Waals surface area contributed by atoms with Crippen LogP contribution in [0.25, 0.3) is 6.08 Å². The van der Waals surface area contributed by atoms with E-state index in [1.54, 1.807) is 0 Å². The minimum absolute atomic E-state index is 0.942. The molecule has 0 saturated carbocycles. The molecule has 2 aromatic carbocycles. The van der Waals surface area contributed by atoms with Gasteiger partial charge in [0, 0.05) is 0 Å². The third-order valence-electron chi connectivity index (χ3n) is 2.83. The first kappa shape index (κ1) is 13.0. The third kappa shape index (κ3) is 3.27. The molecule has 0 radical (unpaired) electrons. The Morgan fingerprint density at radius 1 is 1.00 bits per heavy atom. The summed E-state index contributed by atoms with van der Waals surface area (Å²) in [6, 6.07) is 18.7. The molecule has 1 nitrogen and oxygen atoms in total. The van der Waals surface area contributed by atoms with Crippen molar-refractivity contribution in [2.24, 2.45) is 0 Å². The van der Waals surface area contributed by atoms with Crippen LogP contribution in [0.2, 0.25) is 5.21 Å². The molecule has 2 heteroatoms. The van der Waals surface area contributed by atoms with Crippen LogP contribution >= 0.6 is 0 Å². The van der Waals surface area contributed by atoms with Gasteiger partial charge in [-0.2, -0.15) is 0 Å². The number of anilines is 1. The summed E-state index contributed by atoms with van der Waals surface area (Å²) in [5, 5.41) is 1.20. The van der Waals surface area contributed by atoms with E-state index in [1.807, 2.05) is 18.2 Å². The summed E-state index contributed by atoms with van der Waals surface area (Å²) in [7, 11) is 0. The Morgan fingerprint density at radius 3 is 2.33 bits per heavy atom. The zero-order chi connectivity index (χ0) is 12.8. The average Bonchev–Trinajstić information content (AvgIpc) is 2.42. The van der Waals surface area contributed by atoms with Crippen molar-refractivity contribution in [3.63, 3.8) is 0 Å². The number of rotatable bonds is 4. The van der Waals surface area contributed by atoms with Gasteiger partial charge in [-0.25, -0.2) is 0 Å². The zero-order valence-electron chi connectivity index (χ0n) is 10.6. The summed E-state index contributed by atoms with van der Waals surface area (Å²) in [6.07, 6.45) is 2.23. The maximum atomic E-state index is 6.07. The van der Waals surface area contributed by atoms with E-state index in [1.165, 1.54) is 15.1 Å². The standard InChI is InChI=1S/C16H18AsN/c1-2-17(15-10-6-7-11-16(15)18)13-12-14-8-4-3-5-9-14/h3-13H,2,18H2,1H3. The molecule has 0 fully saturated rings. The van der Waals surface area contributed by atoms with Crippen molar-refractivity contribution in [1.82, 2.24) is 0 Å². The fourth-order valence-electron chi connectivity index (χ4n) is 1.85. The molecule has 2 aromatic rings. The summed E-state index contributed by atoms with van der Waals surface area (Å²) < 4.78 is 1.36. The van der Waals surface area contributed by atoms with E-state index in [0.29, 0.717) is 0 Å². The van der Waals surface area contributed by atoms with Gasteiger partial charge in [0.2, 0.25) is 0 Å². The Morgan fingerprint density at radius 2 is 1.67 bits per heavy atom. The molecule has 2 N–H and O–H groups in total. The predicted molar refractivity (Wildman–Crippen MR) is 82.2 cm³/mol. The van der Waals surface area contributed by atoms with E-state index in [0.717, 1.165) is 5.69 Å². The van der Waals surface area contributed by atoms with Crippen LogP contribution in [-0.2, 0) is 0 Å². The molecular weight excluding hydrogens is 281 g/mol. The van der Waals surface area contributed by atoms with Crippen LogP contribution in [0.5, 0.6) is 0 Å². The third-order valence-corrected chi connectivity index (χ3v) is 7.48. The normalized spacial score (nSPS) is 12.7. The number of nitrogen functional groups attached to an aromatic ring is 1. The Balaban J connectivity index is 2.21. The number of nitrogens with two attached hydrogens (primary N) is 1. The monoisotopic (exact) mass is 299 g/mol. The van der Waals surface area contributed by atoms with Gasteiger partial charge in [0.25, 0.3) is 0 Å². The Hall–Kier alpha value is -1.46. The molecule has 0 aromatic heterocycles. The first-order chi connectivity index (χ1) is 8.81. The van der Waals surface area contributed by atoms with Crippen molar-refractivity contribution >= 4 is 30.8 Å². The van der Waals surface area contributed by atoms with Gasteiger partial charge in [-0.15, -0.1) is 0 Å². The van der Waals surface area contributed by atoms with Gasteiger partial charge in [-0.05, 0) is 0 Å². The Bertz CT molecular complexity index is 520. The molecule has 1 atom stereocenters. The van der Waals surface area contributed by atoms with E-state index >= 15 is 0 Å². The van der Waals surface area contributed by atoms with E-state index in [2.05, 4.69) is 54.3 Å². The fraction of sp³-hybridized carbons (Fsp3) is 0.125. The van der Waals surface area contributed by atoms with Gasteiger partial charge in [0.15, 0.2) is 0 Å². The molecular formula is C16H18AsN. The quantitative estimate of drug-likeness (QED) is 0.681. The van der Waals surface area contributed by atoms with Crippen molar-refractivity contribution in [1.29, 1.82) is 0 Å². The summed E-state index contributed by atoms with van der Waals surface area (Å²) in [5.41, 5.74) is 8.27. The molecule has 0 amide bonds. The van der Waals surface area contributed by atoms with E-state index in [9.17, 15) is 0 Å². The second-order valence-corrected chi connectivity index (χ2v) is 9.01. The molecule has 0 aliphatic carbocycles. The van der Waals surface area contributed by atoms with Gasteiger partial charge >= 0.3 is 114 Å². The Kier molecular flexibility index (Phi) is 4.66. The Labute approximate surface area is 114 Å². The van der Waals surface area contributed by atoms with Crippen molar-refractivity contribution in [3.05, 3.63) is 65.0 Å². The summed E-state index contributed by atoms with van der Waals surface area (Å²) in [6.45, 7) is 2.25. The number of hydrogen-bond acceptors (Lipinski definition) is 1. The summed E-state index contributed by atoms with van der Waals surface area (Å²) >= 11 is -1.16. The molecule has 2 rings (SSSR count). The van der Waals surface area contributed by atoms with Gasteiger partial charge in [-0.3, -0.25) is 0 Å². The van der Waals surface area contributed by atoms with Gasteiger partial charge in [0.1, 0.15) is 0 Å². The molecule has 1 unspecified atom stereocenters. The number of para-hydroxylation sites is 1. The topological polar surface area (TPSA) is 26.0 Å². The van der Waals surface area contributed by atoms with Crippen molar-refractivity contribution in [2.45, 2.75) is 12.1 Å². The second kappa shape index (κ2) is 6.47. The van der Waals surface area contributed by atoms with Crippen LogP contribution in [-0.4, -0.2) is 14.7 Å². The molecule has 92 valence electrons. The van der Waals surface area contributed by atoms with Gasteiger partial charge in [0.05, 0.1) is 0 Å². The second-order valence-electron chi connectivity index (χ2n) is 4.07. The van der Waals surface area contributed by atoms with Crippen LogP contribution in [0.1, 0.15) is 12.5 Å². The van der Waals surface area contributed by atoms with Crippen molar-refractivity contribution in [3.8, 4) is 0 Å². The SMILES string of the molecule is CC[As](C=Cc1ccccc1)c1ccccc1N. The first-order valence-electron chi connectivity index (χ1n) is 6.15. The minimum atomic E-state index is -1.16. The molecule has 0 aliphatic rings. The van der Waals surface area contributed by atoms with Crippen LogP contribution in [0.4, 0.5) is 5.69 Å². The van der Waals surface area contributed by atoms with Gasteiger partial charge < -0.3 is 0 Å². The molecule has 18 heavy (non-hydrogen) atoms. The summed E-state index contributed by atoms with van der Waals surface area (Å²) in [5.74, 6) is 0. The molecule has 0 spiro atoms. The number of benzene rings is 2. The predicted octanol–water partition coefficient (Wildman–Crippen LogP) is 3.24. The molecule has 0 aliphatic heterocycles. The van der Waals surface area contributed by atoms with Crippen LogP contribution in [0, 0.1) is 0 Å². The maximum absolute atomic E-state index is 6.07. The zero-order valence-corrected chi connectivity index (χ0v) is 12.5. The first-order valence-corrected chi connectivity index (χ1v) is 9.50.